The summed E-state index contributed by atoms with van der Waals surface area (Å²) in [5, 5.41) is 2.88. The predicted octanol–water partition coefficient (Wildman–Crippen LogP) is 3.55. The molecule has 0 aromatic heterocycles. The van der Waals surface area contributed by atoms with Gasteiger partial charge in [-0.1, -0.05) is 43.3 Å². The number of hydrogen-bond acceptors (Lipinski definition) is 2. The van der Waals surface area contributed by atoms with Crippen molar-refractivity contribution in [2.24, 2.45) is 0 Å². The molecule has 0 heterocycles. The maximum absolute atomic E-state index is 11.2. The quantitative estimate of drug-likeness (QED) is 0.871. The molecule has 3 heteroatoms. The van der Waals surface area contributed by atoms with E-state index in [0.29, 0.717) is 13.0 Å². The molecule has 2 aromatic rings. The van der Waals surface area contributed by atoms with Gasteiger partial charge in [-0.2, -0.15) is 0 Å². The monoisotopic (exact) mass is 269 g/mol. The third-order valence-electron chi connectivity index (χ3n) is 2.98. The number of benzene rings is 2. The minimum atomic E-state index is 0.0754. The van der Waals surface area contributed by atoms with Gasteiger partial charge >= 0.3 is 0 Å². The minimum absolute atomic E-state index is 0.0754. The van der Waals surface area contributed by atoms with Crippen molar-refractivity contribution in [3.05, 3.63) is 60.2 Å². The molecule has 3 nitrogen and oxygen atoms in total. The first-order valence-electron chi connectivity index (χ1n) is 6.87. The van der Waals surface area contributed by atoms with Crippen LogP contribution in [0.3, 0.4) is 0 Å². The number of amides is 1. The van der Waals surface area contributed by atoms with E-state index in [1.54, 1.807) is 0 Å². The number of carbonyl (C=O) groups excluding carboxylic acids is 1. The van der Waals surface area contributed by atoms with E-state index in [1.165, 1.54) is 0 Å². The van der Waals surface area contributed by atoms with Crippen molar-refractivity contribution in [2.75, 3.05) is 6.54 Å². The maximum Gasteiger partial charge on any atom is 0.219 e. The highest BCUT2D eigenvalue weighted by Gasteiger charge is 2.05. The van der Waals surface area contributed by atoms with Gasteiger partial charge in [0, 0.05) is 13.0 Å². The molecule has 1 amide bonds. The zero-order valence-corrected chi connectivity index (χ0v) is 11.6. The Bertz CT molecular complexity index is 552. The first-order chi connectivity index (χ1) is 9.79. The second kappa shape index (κ2) is 7.34. The summed E-state index contributed by atoms with van der Waals surface area (Å²) in [6.45, 7) is 2.48. The van der Waals surface area contributed by atoms with Gasteiger partial charge in [0.1, 0.15) is 11.5 Å². The highest BCUT2D eigenvalue weighted by molar-refractivity contribution is 5.75. The molecule has 0 saturated heterocycles. The molecule has 2 aromatic carbocycles. The van der Waals surface area contributed by atoms with E-state index in [2.05, 4.69) is 5.32 Å². The first-order valence-corrected chi connectivity index (χ1v) is 6.87. The van der Waals surface area contributed by atoms with Gasteiger partial charge in [0.25, 0.3) is 0 Å². The van der Waals surface area contributed by atoms with Gasteiger partial charge in [-0.3, -0.25) is 4.79 Å². The van der Waals surface area contributed by atoms with Crippen LogP contribution in [-0.4, -0.2) is 12.5 Å². The molecule has 0 saturated carbocycles. The van der Waals surface area contributed by atoms with E-state index in [1.807, 2.05) is 61.5 Å². The zero-order chi connectivity index (χ0) is 14.2. The molecule has 0 bridgehead atoms. The third kappa shape index (κ3) is 4.12. The molecule has 0 aliphatic rings. The summed E-state index contributed by atoms with van der Waals surface area (Å²) in [5.41, 5.74) is 1.09. The number of carbonyl (C=O) groups is 1. The number of rotatable bonds is 6. The lowest BCUT2D eigenvalue weighted by molar-refractivity contribution is -0.120. The van der Waals surface area contributed by atoms with E-state index in [4.69, 9.17) is 4.74 Å². The smallest absolute Gasteiger partial charge is 0.219 e. The van der Waals surface area contributed by atoms with E-state index in [-0.39, 0.29) is 5.91 Å². The largest absolute Gasteiger partial charge is 0.457 e. The Morgan fingerprint density at radius 1 is 1.05 bits per heavy atom. The summed E-state index contributed by atoms with van der Waals surface area (Å²) in [5.74, 6) is 1.73. The zero-order valence-electron chi connectivity index (χ0n) is 11.6. The third-order valence-corrected chi connectivity index (χ3v) is 2.98. The molecule has 0 fully saturated rings. The van der Waals surface area contributed by atoms with Crippen LogP contribution in [0.1, 0.15) is 18.9 Å². The van der Waals surface area contributed by atoms with Crippen LogP contribution < -0.4 is 10.1 Å². The second-order valence-electron chi connectivity index (χ2n) is 4.48. The van der Waals surface area contributed by atoms with Gasteiger partial charge in [0.15, 0.2) is 0 Å². The minimum Gasteiger partial charge on any atom is -0.457 e. The Balaban J connectivity index is 2.01. The van der Waals surface area contributed by atoms with Gasteiger partial charge in [-0.25, -0.2) is 0 Å². The van der Waals surface area contributed by atoms with Crippen LogP contribution in [0.25, 0.3) is 0 Å². The van der Waals surface area contributed by atoms with Crippen LogP contribution >= 0.6 is 0 Å². The molecule has 20 heavy (non-hydrogen) atoms. The number of ether oxygens (including phenoxy) is 1. The van der Waals surface area contributed by atoms with Crippen molar-refractivity contribution in [3.63, 3.8) is 0 Å². The second-order valence-corrected chi connectivity index (χ2v) is 4.48. The molecule has 0 atom stereocenters. The number of hydrogen-bond donors (Lipinski definition) is 1. The van der Waals surface area contributed by atoms with Crippen molar-refractivity contribution in [3.8, 4) is 11.5 Å². The summed E-state index contributed by atoms with van der Waals surface area (Å²) in [4.78, 5) is 11.2. The van der Waals surface area contributed by atoms with Gasteiger partial charge in [-0.05, 0) is 30.2 Å². The molecule has 0 radical (unpaired) electrons. The Hall–Kier alpha value is -2.29. The van der Waals surface area contributed by atoms with E-state index in [9.17, 15) is 4.79 Å². The van der Waals surface area contributed by atoms with Gasteiger partial charge in [-0.15, -0.1) is 0 Å². The maximum atomic E-state index is 11.2. The van der Waals surface area contributed by atoms with Crippen LogP contribution in [-0.2, 0) is 11.2 Å². The van der Waals surface area contributed by atoms with E-state index < -0.39 is 0 Å². The first kappa shape index (κ1) is 14.1. The van der Waals surface area contributed by atoms with Gasteiger partial charge < -0.3 is 10.1 Å². The fourth-order valence-electron chi connectivity index (χ4n) is 1.89. The van der Waals surface area contributed by atoms with Crippen molar-refractivity contribution >= 4 is 5.91 Å². The Labute approximate surface area is 119 Å². The summed E-state index contributed by atoms with van der Waals surface area (Å²) < 4.78 is 5.88. The molecular formula is C17H19NO2. The van der Waals surface area contributed by atoms with Crippen LogP contribution in [0.2, 0.25) is 0 Å². The lowest BCUT2D eigenvalue weighted by Crippen LogP contribution is -2.24. The molecule has 0 aliphatic carbocycles. The highest BCUT2D eigenvalue weighted by Crippen LogP contribution is 2.25. The van der Waals surface area contributed by atoms with Crippen LogP contribution in [0.4, 0.5) is 0 Å². The lowest BCUT2D eigenvalue weighted by atomic mass is 10.1. The van der Waals surface area contributed by atoms with Crippen molar-refractivity contribution in [1.82, 2.24) is 5.32 Å². The molecule has 0 aliphatic heterocycles. The summed E-state index contributed by atoms with van der Waals surface area (Å²) >= 11 is 0. The standard InChI is InChI=1S/C17H19NO2/c1-2-17(19)18-13-12-14-8-6-7-11-16(14)20-15-9-4-3-5-10-15/h3-11H,2,12-13H2,1H3,(H,18,19). The summed E-state index contributed by atoms with van der Waals surface area (Å²) in [7, 11) is 0. The number of para-hydroxylation sites is 2. The molecule has 104 valence electrons. The van der Waals surface area contributed by atoms with Crippen LogP contribution in [0.5, 0.6) is 11.5 Å². The predicted molar refractivity (Wildman–Crippen MR) is 80.0 cm³/mol. The van der Waals surface area contributed by atoms with Gasteiger partial charge in [0.05, 0.1) is 0 Å². The Morgan fingerprint density at radius 3 is 2.50 bits per heavy atom. The fourth-order valence-corrected chi connectivity index (χ4v) is 1.89. The topological polar surface area (TPSA) is 38.3 Å². The van der Waals surface area contributed by atoms with E-state index >= 15 is 0 Å². The SMILES string of the molecule is CCC(=O)NCCc1ccccc1Oc1ccccc1. The molecule has 0 unspecified atom stereocenters. The molecule has 0 spiro atoms. The average molecular weight is 269 g/mol. The Kier molecular flexibility index (Phi) is 5.18. The van der Waals surface area contributed by atoms with E-state index in [0.717, 1.165) is 23.5 Å². The molecular weight excluding hydrogens is 250 g/mol. The normalized spacial score (nSPS) is 10.1. The molecule has 1 N–H and O–H groups in total. The van der Waals surface area contributed by atoms with Crippen LogP contribution in [0, 0.1) is 0 Å². The van der Waals surface area contributed by atoms with Crippen molar-refractivity contribution in [2.45, 2.75) is 19.8 Å². The van der Waals surface area contributed by atoms with Crippen LogP contribution in [0.15, 0.2) is 54.6 Å². The number of nitrogens with one attached hydrogen (secondary N) is 1. The lowest BCUT2D eigenvalue weighted by Gasteiger charge is -2.11. The summed E-state index contributed by atoms with van der Waals surface area (Å²) in [6, 6.07) is 17.6. The highest BCUT2D eigenvalue weighted by atomic mass is 16.5. The Morgan fingerprint density at radius 2 is 1.75 bits per heavy atom. The fraction of sp³-hybridized carbons (Fsp3) is 0.235. The van der Waals surface area contributed by atoms with Crippen molar-refractivity contribution in [1.29, 1.82) is 0 Å². The van der Waals surface area contributed by atoms with Crippen molar-refractivity contribution < 1.29 is 9.53 Å². The van der Waals surface area contributed by atoms with Gasteiger partial charge in [0.2, 0.25) is 5.91 Å². The average Bonchev–Trinajstić information content (AvgIpc) is 2.50. The summed E-state index contributed by atoms with van der Waals surface area (Å²) in [6.07, 6.45) is 1.27. The molecule has 2 rings (SSSR count).